The predicted octanol–water partition coefficient (Wildman–Crippen LogP) is 1.30. The maximum absolute atomic E-state index is 13.4. The summed E-state index contributed by atoms with van der Waals surface area (Å²) in [5.41, 5.74) is 9.03. The summed E-state index contributed by atoms with van der Waals surface area (Å²) in [6.07, 6.45) is 5.47. The molecule has 3 heterocycles. The predicted molar refractivity (Wildman–Crippen MR) is 90.6 cm³/mol. The van der Waals surface area contributed by atoms with E-state index in [0.717, 1.165) is 30.9 Å². The van der Waals surface area contributed by atoms with E-state index >= 15 is 0 Å². The highest BCUT2D eigenvalue weighted by atomic mass is 19.1. The molecule has 8 heteroatoms. The van der Waals surface area contributed by atoms with E-state index in [0.29, 0.717) is 5.69 Å². The number of nitrogens with zero attached hydrogens (tertiary/aromatic N) is 6. The molecule has 2 aromatic heterocycles. The molecule has 1 aliphatic rings. The number of hydrogen-bond donors (Lipinski definition) is 1. The number of hydrogen-bond acceptors (Lipinski definition) is 5. The molecule has 25 heavy (non-hydrogen) atoms. The van der Waals surface area contributed by atoms with Crippen molar-refractivity contribution in [3.63, 3.8) is 0 Å². The van der Waals surface area contributed by atoms with Crippen molar-refractivity contribution in [1.29, 1.82) is 0 Å². The zero-order valence-electron chi connectivity index (χ0n) is 14.0. The van der Waals surface area contributed by atoms with Crippen molar-refractivity contribution in [2.45, 2.75) is 25.6 Å². The Labute approximate surface area is 144 Å². The molecule has 0 amide bonds. The molecule has 7 nitrogen and oxygen atoms in total. The second kappa shape index (κ2) is 6.38. The summed E-state index contributed by atoms with van der Waals surface area (Å²) >= 11 is 0. The van der Waals surface area contributed by atoms with Crippen LogP contribution >= 0.6 is 0 Å². The number of rotatable bonds is 4. The van der Waals surface area contributed by atoms with Gasteiger partial charge >= 0.3 is 0 Å². The Morgan fingerprint density at radius 2 is 2.20 bits per heavy atom. The summed E-state index contributed by atoms with van der Waals surface area (Å²) in [4.78, 5) is 2.29. The molecule has 1 aliphatic heterocycles. The van der Waals surface area contributed by atoms with Crippen molar-refractivity contribution >= 4 is 0 Å². The van der Waals surface area contributed by atoms with Gasteiger partial charge in [-0.05, 0) is 25.1 Å². The first-order chi connectivity index (χ1) is 12.1. The standard InChI is InChI=1S/C17H20FN7/c1-12-13(9-25(21-12)15-4-2-3-14(18)7-15)8-23-10-16(19)17(11-23)24-6-5-20-22-24/h2-7,9,16-17H,8,10-11,19H2,1H3/t16-,17+/m1/s1. The van der Waals surface area contributed by atoms with Gasteiger partial charge in [-0.3, -0.25) is 4.90 Å². The van der Waals surface area contributed by atoms with Gasteiger partial charge in [-0.2, -0.15) is 5.10 Å². The van der Waals surface area contributed by atoms with Crippen molar-refractivity contribution in [3.8, 4) is 5.69 Å². The highest BCUT2D eigenvalue weighted by molar-refractivity contribution is 5.33. The molecule has 2 atom stereocenters. The molecule has 4 rings (SSSR count). The van der Waals surface area contributed by atoms with E-state index in [9.17, 15) is 4.39 Å². The lowest BCUT2D eigenvalue weighted by atomic mass is 10.2. The Morgan fingerprint density at radius 3 is 2.96 bits per heavy atom. The van der Waals surface area contributed by atoms with Gasteiger partial charge in [0.15, 0.2) is 0 Å². The number of nitrogens with two attached hydrogens (primary N) is 1. The van der Waals surface area contributed by atoms with Crippen LogP contribution in [0.15, 0.2) is 42.9 Å². The van der Waals surface area contributed by atoms with Crippen molar-refractivity contribution in [3.05, 3.63) is 59.9 Å². The van der Waals surface area contributed by atoms with Crippen LogP contribution in [-0.2, 0) is 6.54 Å². The number of aromatic nitrogens is 5. The molecular weight excluding hydrogens is 321 g/mol. The second-order valence-corrected chi connectivity index (χ2v) is 6.47. The fourth-order valence-electron chi connectivity index (χ4n) is 3.34. The third-order valence-electron chi connectivity index (χ3n) is 4.66. The van der Waals surface area contributed by atoms with Crippen LogP contribution in [0.4, 0.5) is 4.39 Å². The van der Waals surface area contributed by atoms with Crippen molar-refractivity contribution < 1.29 is 4.39 Å². The van der Waals surface area contributed by atoms with E-state index in [1.165, 1.54) is 12.1 Å². The van der Waals surface area contributed by atoms with Gasteiger partial charge in [-0.25, -0.2) is 13.8 Å². The van der Waals surface area contributed by atoms with Crippen LogP contribution < -0.4 is 5.73 Å². The zero-order valence-corrected chi connectivity index (χ0v) is 14.0. The minimum atomic E-state index is -0.270. The van der Waals surface area contributed by atoms with Gasteiger partial charge in [0, 0.05) is 43.6 Å². The van der Waals surface area contributed by atoms with Crippen LogP contribution in [0.2, 0.25) is 0 Å². The van der Waals surface area contributed by atoms with E-state index < -0.39 is 0 Å². The van der Waals surface area contributed by atoms with Crippen LogP contribution in [0.5, 0.6) is 0 Å². The SMILES string of the molecule is Cc1nn(-c2cccc(F)c2)cc1CN1C[C@@H](N)[C@@H](n2ccnn2)C1. The van der Waals surface area contributed by atoms with Crippen molar-refractivity contribution in [2.24, 2.45) is 5.73 Å². The summed E-state index contributed by atoms with van der Waals surface area (Å²) in [5, 5.41) is 12.4. The van der Waals surface area contributed by atoms with Crippen LogP contribution in [0, 0.1) is 12.7 Å². The average molecular weight is 341 g/mol. The van der Waals surface area contributed by atoms with Crippen LogP contribution in [0.3, 0.4) is 0 Å². The van der Waals surface area contributed by atoms with Gasteiger partial charge in [0.2, 0.25) is 0 Å². The molecule has 0 unspecified atom stereocenters. The Bertz CT molecular complexity index is 858. The summed E-state index contributed by atoms with van der Waals surface area (Å²) in [7, 11) is 0. The normalized spacial score (nSPS) is 21.1. The monoisotopic (exact) mass is 341 g/mol. The number of aryl methyl sites for hydroxylation is 1. The van der Waals surface area contributed by atoms with E-state index in [4.69, 9.17) is 5.73 Å². The lowest BCUT2D eigenvalue weighted by Gasteiger charge is -2.15. The van der Waals surface area contributed by atoms with Crippen LogP contribution in [-0.4, -0.2) is 48.8 Å². The molecule has 0 spiro atoms. The molecule has 0 radical (unpaired) electrons. The molecule has 1 aromatic carbocycles. The maximum atomic E-state index is 13.4. The largest absolute Gasteiger partial charge is 0.325 e. The number of likely N-dealkylation sites (tertiary alicyclic amines) is 1. The first-order valence-corrected chi connectivity index (χ1v) is 8.25. The van der Waals surface area contributed by atoms with Gasteiger partial charge < -0.3 is 5.73 Å². The fourth-order valence-corrected chi connectivity index (χ4v) is 3.34. The molecule has 3 aromatic rings. The number of halogens is 1. The van der Waals surface area contributed by atoms with Gasteiger partial charge in [0.1, 0.15) is 5.82 Å². The third kappa shape index (κ3) is 3.18. The first-order valence-electron chi connectivity index (χ1n) is 8.25. The lowest BCUT2D eigenvalue weighted by Crippen LogP contribution is -2.31. The summed E-state index contributed by atoms with van der Waals surface area (Å²) in [5.74, 6) is -0.270. The quantitative estimate of drug-likeness (QED) is 0.774. The van der Waals surface area contributed by atoms with E-state index in [1.54, 1.807) is 16.9 Å². The van der Waals surface area contributed by atoms with Crippen LogP contribution in [0.1, 0.15) is 17.3 Å². The highest BCUT2D eigenvalue weighted by Gasteiger charge is 2.32. The Balaban J connectivity index is 1.50. The molecule has 2 N–H and O–H groups in total. The van der Waals surface area contributed by atoms with E-state index in [2.05, 4.69) is 20.3 Å². The zero-order chi connectivity index (χ0) is 17.4. The lowest BCUT2D eigenvalue weighted by molar-refractivity contribution is 0.310. The summed E-state index contributed by atoms with van der Waals surface area (Å²) < 4.78 is 17.0. The topological polar surface area (TPSA) is 77.8 Å². The molecule has 1 fully saturated rings. The van der Waals surface area contributed by atoms with Crippen molar-refractivity contribution in [2.75, 3.05) is 13.1 Å². The Kier molecular flexibility index (Phi) is 4.06. The minimum absolute atomic E-state index is 0.0141. The van der Waals surface area contributed by atoms with E-state index in [-0.39, 0.29) is 17.9 Å². The van der Waals surface area contributed by atoms with Gasteiger partial charge in [0.05, 0.1) is 23.6 Å². The van der Waals surface area contributed by atoms with Gasteiger partial charge in [-0.1, -0.05) is 11.3 Å². The van der Waals surface area contributed by atoms with Crippen molar-refractivity contribution in [1.82, 2.24) is 29.7 Å². The Morgan fingerprint density at radius 1 is 1.32 bits per heavy atom. The van der Waals surface area contributed by atoms with Crippen LogP contribution in [0.25, 0.3) is 5.69 Å². The third-order valence-corrected chi connectivity index (χ3v) is 4.66. The summed E-state index contributed by atoms with van der Waals surface area (Å²) in [6, 6.07) is 6.57. The molecule has 130 valence electrons. The second-order valence-electron chi connectivity index (χ2n) is 6.47. The minimum Gasteiger partial charge on any atom is -0.325 e. The number of benzene rings is 1. The molecule has 1 saturated heterocycles. The maximum Gasteiger partial charge on any atom is 0.125 e. The van der Waals surface area contributed by atoms with Gasteiger partial charge in [-0.15, -0.1) is 5.10 Å². The fraction of sp³-hybridized carbons (Fsp3) is 0.353. The molecular formula is C17H20FN7. The average Bonchev–Trinajstić information content (AvgIpc) is 3.29. The smallest absolute Gasteiger partial charge is 0.125 e. The van der Waals surface area contributed by atoms with Gasteiger partial charge in [0.25, 0.3) is 0 Å². The van der Waals surface area contributed by atoms with E-state index in [1.807, 2.05) is 30.1 Å². The molecule has 0 bridgehead atoms. The molecule has 0 aliphatic carbocycles. The Hall–Kier alpha value is -2.58. The first kappa shape index (κ1) is 15.9. The summed E-state index contributed by atoms with van der Waals surface area (Å²) in [6.45, 7) is 4.32. The molecule has 0 saturated carbocycles. The highest BCUT2D eigenvalue weighted by Crippen LogP contribution is 2.23.